The van der Waals surface area contributed by atoms with Crippen molar-refractivity contribution in [2.75, 3.05) is 18.9 Å². The van der Waals surface area contributed by atoms with Gasteiger partial charge in [-0.3, -0.25) is 0 Å². The van der Waals surface area contributed by atoms with Gasteiger partial charge in [-0.2, -0.15) is 0 Å². The molecular formula is C9H20BrN. The summed E-state index contributed by atoms with van der Waals surface area (Å²) < 4.78 is 0. The molecule has 0 spiro atoms. The summed E-state index contributed by atoms with van der Waals surface area (Å²) in [6.07, 6.45) is 8.29. The smallest absolute Gasteiger partial charge is 0.00313 e. The Morgan fingerprint density at radius 2 is 1.45 bits per heavy atom. The van der Waals surface area contributed by atoms with Gasteiger partial charge in [0.2, 0.25) is 0 Å². The topological polar surface area (TPSA) is 12.0 Å². The van der Waals surface area contributed by atoms with Gasteiger partial charge in [-0.15, -0.1) is 0 Å². The Morgan fingerprint density at radius 3 is 2.00 bits per heavy atom. The minimum Gasteiger partial charge on any atom is -0.320 e. The molecule has 0 aromatic carbocycles. The predicted molar refractivity (Wildman–Crippen MR) is 55.4 cm³/mol. The quantitative estimate of drug-likeness (QED) is 0.491. The van der Waals surface area contributed by atoms with E-state index < -0.39 is 0 Å². The lowest BCUT2D eigenvalue weighted by Gasteiger charge is -1.99. The molecule has 0 aliphatic carbocycles. The molecule has 2 heteroatoms. The number of halogens is 1. The standard InChI is InChI=1S/C9H20BrN/c1-11-9-7-5-3-2-4-6-8-10/h11H,2-9H2,1H3. The molecule has 0 aromatic rings. The molecule has 0 rings (SSSR count). The van der Waals surface area contributed by atoms with Gasteiger partial charge in [0, 0.05) is 5.33 Å². The fourth-order valence-corrected chi connectivity index (χ4v) is 1.50. The molecule has 0 saturated carbocycles. The summed E-state index contributed by atoms with van der Waals surface area (Å²) in [5.41, 5.74) is 0. The van der Waals surface area contributed by atoms with E-state index in [9.17, 15) is 0 Å². The second-order valence-electron chi connectivity index (χ2n) is 2.91. The molecule has 0 heterocycles. The highest BCUT2D eigenvalue weighted by molar-refractivity contribution is 9.09. The van der Waals surface area contributed by atoms with Crippen LogP contribution in [0, 0.1) is 0 Å². The SMILES string of the molecule is CNCCCCCCCCBr. The highest BCUT2D eigenvalue weighted by atomic mass is 79.9. The van der Waals surface area contributed by atoms with Crippen LogP contribution in [0.25, 0.3) is 0 Å². The van der Waals surface area contributed by atoms with Crippen molar-refractivity contribution in [3.05, 3.63) is 0 Å². The Morgan fingerprint density at radius 1 is 0.909 bits per heavy atom. The molecule has 0 fully saturated rings. The predicted octanol–water partition coefficient (Wildman–Crippen LogP) is 2.94. The van der Waals surface area contributed by atoms with E-state index in [4.69, 9.17) is 0 Å². The van der Waals surface area contributed by atoms with Crippen LogP contribution in [0.3, 0.4) is 0 Å². The Kier molecular flexibility index (Phi) is 10.9. The van der Waals surface area contributed by atoms with Crippen LogP contribution < -0.4 is 5.32 Å². The van der Waals surface area contributed by atoms with Gasteiger partial charge < -0.3 is 5.32 Å². The highest BCUT2D eigenvalue weighted by Crippen LogP contribution is 2.05. The van der Waals surface area contributed by atoms with Gasteiger partial charge in [0.15, 0.2) is 0 Å². The van der Waals surface area contributed by atoms with Gasteiger partial charge >= 0.3 is 0 Å². The van der Waals surface area contributed by atoms with Crippen LogP contribution in [0.15, 0.2) is 0 Å². The number of nitrogens with one attached hydrogen (secondary N) is 1. The van der Waals surface area contributed by atoms with E-state index in [0.717, 1.165) is 0 Å². The van der Waals surface area contributed by atoms with E-state index >= 15 is 0 Å². The van der Waals surface area contributed by atoms with Crippen molar-refractivity contribution in [3.8, 4) is 0 Å². The van der Waals surface area contributed by atoms with Crippen molar-refractivity contribution in [1.29, 1.82) is 0 Å². The summed E-state index contributed by atoms with van der Waals surface area (Å²) in [4.78, 5) is 0. The number of hydrogen-bond acceptors (Lipinski definition) is 1. The maximum Gasteiger partial charge on any atom is 0.00313 e. The lowest BCUT2D eigenvalue weighted by Crippen LogP contribution is -2.06. The molecule has 11 heavy (non-hydrogen) atoms. The Balaban J connectivity index is 2.69. The van der Waals surface area contributed by atoms with E-state index in [0.29, 0.717) is 0 Å². The van der Waals surface area contributed by atoms with E-state index in [-0.39, 0.29) is 0 Å². The Bertz CT molecular complexity index is 58.6. The van der Waals surface area contributed by atoms with Crippen molar-refractivity contribution in [3.63, 3.8) is 0 Å². The van der Waals surface area contributed by atoms with Gasteiger partial charge in [0.05, 0.1) is 0 Å². The first-order chi connectivity index (χ1) is 5.41. The van der Waals surface area contributed by atoms with Crippen molar-refractivity contribution >= 4 is 15.9 Å². The molecule has 0 unspecified atom stereocenters. The highest BCUT2D eigenvalue weighted by Gasteiger charge is 1.89. The zero-order chi connectivity index (χ0) is 8.36. The molecule has 0 aliphatic heterocycles. The van der Waals surface area contributed by atoms with Crippen LogP contribution in [0.1, 0.15) is 38.5 Å². The van der Waals surface area contributed by atoms with Gasteiger partial charge in [-0.1, -0.05) is 41.6 Å². The van der Waals surface area contributed by atoms with Crippen molar-refractivity contribution < 1.29 is 0 Å². The first-order valence-electron chi connectivity index (χ1n) is 4.62. The number of rotatable bonds is 8. The first kappa shape index (κ1) is 11.4. The molecule has 1 N–H and O–H groups in total. The van der Waals surface area contributed by atoms with E-state index in [1.165, 1.54) is 50.4 Å². The van der Waals surface area contributed by atoms with Gasteiger partial charge in [0.1, 0.15) is 0 Å². The van der Waals surface area contributed by atoms with Gasteiger partial charge in [-0.25, -0.2) is 0 Å². The number of unbranched alkanes of at least 4 members (excludes halogenated alkanes) is 5. The summed E-state index contributed by atoms with van der Waals surface area (Å²) in [6, 6.07) is 0. The maximum absolute atomic E-state index is 3.43. The van der Waals surface area contributed by atoms with Crippen LogP contribution in [0.5, 0.6) is 0 Å². The Labute approximate surface area is 79.1 Å². The molecule has 1 nitrogen and oxygen atoms in total. The lowest BCUT2D eigenvalue weighted by atomic mass is 10.1. The largest absolute Gasteiger partial charge is 0.320 e. The van der Waals surface area contributed by atoms with Gasteiger partial charge in [-0.05, 0) is 26.4 Å². The third kappa shape index (κ3) is 10.4. The van der Waals surface area contributed by atoms with E-state index in [1.807, 2.05) is 7.05 Å². The monoisotopic (exact) mass is 221 g/mol. The summed E-state index contributed by atoms with van der Waals surface area (Å²) >= 11 is 3.43. The number of alkyl halides is 1. The normalized spacial score (nSPS) is 10.4. The molecule has 0 atom stereocenters. The van der Waals surface area contributed by atoms with Crippen LogP contribution in [0.4, 0.5) is 0 Å². The summed E-state index contributed by atoms with van der Waals surface area (Å²) in [7, 11) is 2.02. The third-order valence-electron chi connectivity index (χ3n) is 1.81. The molecule has 0 aromatic heterocycles. The van der Waals surface area contributed by atoms with E-state index in [1.54, 1.807) is 0 Å². The van der Waals surface area contributed by atoms with Crippen molar-refractivity contribution in [1.82, 2.24) is 5.32 Å². The second-order valence-corrected chi connectivity index (χ2v) is 3.71. The minimum atomic E-state index is 1.17. The summed E-state index contributed by atoms with van der Waals surface area (Å²) in [6.45, 7) is 1.18. The fourth-order valence-electron chi connectivity index (χ4n) is 1.10. The first-order valence-corrected chi connectivity index (χ1v) is 5.74. The molecular weight excluding hydrogens is 202 g/mol. The molecule has 0 radical (unpaired) electrons. The third-order valence-corrected chi connectivity index (χ3v) is 2.37. The van der Waals surface area contributed by atoms with Crippen LogP contribution in [-0.2, 0) is 0 Å². The van der Waals surface area contributed by atoms with Crippen molar-refractivity contribution in [2.45, 2.75) is 38.5 Å². The maximum atomic E-state index is 3.43. The van der Waals surface area contributed by atoms with Crippen LogP contribution in [-0.4, -0.2) is 18.9 Å². The summed E-state index contributed by atoms with van der Waals surface area (Å²) in [5.74, 6) is 0. The lowest BCUT2D eigenvalue weighted by molar-refractivity contribution is 0.594. The molecule has 0 saturated heterocycles. The van der Waals surface area contributed by atoms with Crippen LogP contribution >= 0.6 is 15.9 Å². The summed E-state index contributed by atoms with van der Waals surface area (Å²) in [5, 5.41) is 4.33. The minimum absolute atomic E-state index is 1.17. The molecule has 0 bridgehead atoms. The Hall–Kier alpha value is 0.440. The van der Waals surface area contributed by atoms with E-state index in [2.05, 4.69) is 21.2 Å². The molecule has 68 valence electrons. The fraction of sp³-hybridized carbons (Fsp3) is 1.00. The second kappa shape index (κ2) is 10.4. The number of hydrogen-bond donors (Lipinski definition) is 1. The average molecular weight is 222 g/mol. The molecule has 0 aliphatic rings. The average Bonchev–Trinajstić information content (AvgIpc) is 2.03. The van der Waals surface area contributed by atoms with Crippen LogP contribution in [0.2, 0.25) is 0 Å². The zero-order valence-corrected chi connectivity index (χ0v) is 9.12. The van der Waals surface area contributed by atoms with Crippen molar-refractivity contribution in [2.24, 2.45) is 0 Å². The van der Waals surface area contributed by atoms with Gasteiger partial charge in [0.25, 0.3) is 0 Å². The molecule has 0 amide bonds. The zero-order valence-electron chi connectivity index (χ0n) is 7.53.